The van der Waals surface area contributed by atoms with Crippen molar-refractivity contribution in [2.24, 2.45) is 0 Å². The minimum Gasteiger partial charge on any atom is -0.472 e. The standard InChI is InChI=1S/C14H16N2O4/c1-3-10-5-4-6-11(14(17)19-2)12(10)9-20-13-7-8-16(18)15-13/h4-8,18H,3,9H2,1-2H3. The zero-order valence-electron chi connectivity index (χ0n) is 11.4. The Hall–Kier alpha value is -2.50. The van der Waals surface area contributed by atoms with Gasteiger partial charge in [-0.05, 0) is 18.1 Å². The molecule has 0 atom stereocenters. The van der Waals surface area contributed by atoms with Gasteiger partial charge in [0.15, 0.2) is 0 Å². The van der Waals surface area contributed by atoms with Crippen molar-refractivity contribution in [3.8, 4) is 5.88 Å². The van der Waals surface area contributed by atoms with Crippen molar-refractivity contribution in [3.05, 3.63) is 47.2 Å². The minimum atomic E-state index is -0.397. The van der Waals surface area contributed by atoms with Gasteiger partial charge < -0.3 is 14.7 Å². The third kappa shape index (κ3) is 2.90. The highest BCUT2D eigenvalue weighted by molar-refractivity contribution is 5.91. The first kappa shape index (κ1) is 13.9. The molecule has 0 saturated heterocycles. The van der Waals surface area contributed by atoms with Gasteiger partial charge in [0.05, 0.1) is 18.9 Å². The molecule has 0 spiro atoms. The van der Waals surface area contributed by atoms with E-state index in [1.807, 2.05) is 19.1 Å². The summed E-state index contributed by atoms with van der Waals surface area (Å²) < 4.78 is 10.3. The molecule has 2 rings (SSSR count). The van der Waals surface area contributed by atoms with Gasteiger partial charge in [-0.15, -0.1) is 4.85 Å². The monoisotopic (exact) mass is 276 g/mol. The van der Waals surface area contributed by atoms with Crippen molar-refractivity contribution in [3.63, 3.8) is 0 Å². The van der Waals surface area contributed by atoms with Crippen molar-refractivity contribution in [2.45, 2.75) is 20.0 Å². The highest BCUT2D eigenvalue weighted by Gasteiger charge is 2.15. The first-order valence-corrected chi connectivity index (χ1v) is 6.22. The van der Waals surface area contributed by atoms with Gasteiger partial charge >= 0.3 is 5.97 Å². The number of hydrogen-bond donors (Lipinski definition) is 1. The van der Waals surface area contributed by atoms with E-state index >= 15 is 0 Å². The zero-order valence-corrected chi connectivity index (χ0v) is 11.4. The van der Waals surface area contributed by atoms with Crippen LogP contribution in [0.5, 0.6) is 5.88 Å². The summed E-state index contributed by atoms with van der Waals surface area (Å²) in [5.74, 6) is -0.110. The van der Waals surface area contributed by atoms with Gasteiger partial charge in [-0.2, -0.15) is 0 Å². The molecule has 0 aliphatic heterocycles. The lowest BCUT2D eigenvalue weighted by Crippen LogP contribution is -2.10. The van der Waals surface area contributed by atoms with Gasteiger partial charge in [0.2, 0.25) is 5.88 Å². The largest absolute Gasteiger partial charge is 0.472 e. The summed E-state index contributed by atoms with van der Waals surface area (Å²) in [6.45, 7) is 2.19. The Morgan fingerprint density at radius 2 is 2.20 bits per heavy atom. The second kappa shape index (κ2) is 6.10. The maximum Gasteiger partial charge on any atom is 0.338 e. The summed E-state index contributed by atoms with van der Waals surface area (Å²) >= 11 is 0. The van der Waals surface area contributed by atoms with Crippen LogP contribution in [0.1, 0.15) is 28.4 Å². The highest BCUT2D eigenvalue weighted by Crippen LogP contribution is 2.19. The number of nitrogens with zero attached hydrogens (tertiary/aromatic N) is 2. The fourth-order valence-electron chi connectivity index (χ4n) is 1.96. The number of benzene rings is 1. The van der Waals surface area contributed by atoms with E-state index in [4.69, 9.17) is 14.7 Å². The molecule has 2 aromatic rings. The Balaban J connectivity index is 2.26. The lowest BCUT2D eigenvalue weighted by Gasteiger charge is -2.12. The Labute approximate surface area is 116 Å². The van der Waals surface area contributed by atoms with Crippen LogP contribution in [0.25, 0.3) is 0 Å². The Kier molecular flexibility index (Phi) is 4.24. The lowest BCUT2D eigenvalue weighted by atomic mass is 10.00. The molecule has 0 bridgehead atoms. The molecule has 106 valence electrons. The molecule has 6 nitrogen and oxygen atoms in total. The third-order valence-corrected chi connectivity index (χ3v) is 2.98. The van der Waals surface area contributed by atoms with Crippen molar-refractivity contribution < 1.29 is 19.5 Å². The van der Waals surface area contributed by atoms with Crippen LogP contribution in [0, 0.1) is 0 Å². The molecule has 0 saturated carbocycles. The van der Waals surface area contributed by atoms with Crippen LogP contribution in [0.4, 0.5) is 0 Å². The first-order valence-electron chi connectivity index (χ1n) is 6.22. The van der Waals surface area contributed by atoms with E-state index in [-0.39, 0.29) is 12.5 Å². The quantitative estimate of drug-likeness (QED) is 0.668. The Morgan fingerprint density at radius 3 is 2.80 bits per heavy atom. The summed E-state index contributed by atoms with van der Waals surface area (Å²) in [5.41, 5.74) is 2.26. The summed E-state index contributed by atoms with van der Waals surface area (Å²) in [7, 11) is 1.35. The second-order valence-electron chi connectivity index (χ2n) is 4.15. The maximum absolute atomic E-state index is 11.8. The number of hydrogen-bond acceptors (Lipinski definition) is 5. The number of rotatable bonds is 5. The second-order valence-corrected chi connectivity index (χ2v) is 4.15. The number of aryl methyl sites for hydroxylation is 1. The number of ether oxygens (including phenoxy) is 2. The average Bonchev–Trinajstić information content (AvgIpc) is 2.89. The predicted octanol–water partition coefficient (Wildman–Crippen LogP) is 2.05. The molecule has 1 heterocycles. The molecule has 0 radical (unpaired) electrons. The van der Waals surface area contributed by atoms with Gasteiger partial charge in [0.25, 0.3) is 0 Å². The van der Waals surface area contributed by atoms with E-state index in [0.29, 0.717) is 10.4 Å². The number of carbonyl (C=O) groups excluding carboxylic acids is 1. The molecule has 1 N–H and O–H groups in total. The molecule has 0 aliphatic carbocycles. The van der Waals surface area contributed by atoms with Crippen LogP contribution in [0.3, 0.4) is 0 Å². The normalized spacial score (nSPS) is 10.3. The van der Waals surface area contributed by atoms with Crippen molar-refractivity contribution >= 4 is 5.97 Å². The van der Waals surface area contributed by atoms with Gasteiger partial charge in [0.1, 0.15) is 6.61 Å². The van der Waals surface area contributed by atoms with E-state index in [9.17, 15) is 4.79 Å². The van der Waals surface area contributed by atoms with Crippen LogP contribution in [-0.4, -0.2) is 28.2 Å². The van der Waals surface area contributed by atoms with Gasteiger partial charge in [-0.25, -0.2) is 4.79 Å². The van der Waals surface area contributed by atoms with E-state index < -0.39 is 5.97 Å². The Bertz CT molecular complexity index is 607. The molecular formula is C14H16N2O4. The minimum absolute atomic E-state index is 0.186. The summed E-state index contributed by atoms with van der Waals surface area (Å²) in [6.07, 6.45) is 2.14. The molecule has 0 fully saturated rings. The van der Waals surface area contributed by atoms with E-state index in [1.165, 1.54) is 19.4 Å². The molecule has 0 amide bonds. The van der Waals surface area contributed by atoms with Gasteiger partial charge in [-0.3, -0.25) is 0 Å². The first-order chi connectivity index (χ1) is 9.65. The average molecular weight is 276 g/mol. The lowest BCUT2D eigenvalue weighted by molar-refractivity contribution is 0.0597. The molecule has 1 aromatic carbocycles. The van der Waals surface area contributed by atoms with Crippen LogP contribution in [0.2, 0.25) is 0 Å². The molecule has 0 aliphatic rings. The van der Waals surface area contributed by atoms with Gasteiger partial charge in [0, 0.05) is 11.6 Å². The van der Waals surface area contributed by atoms with Crippen molar-refractivity contribution in [1.29, 1.82) is 0 Å². The molecular weight excluding hydrogens is 260 g/mol. The predicted molar refractivity (Wildman–Crippen MR) is 70.9 cm³/mol. The van der Waals surface area contributed by atoms with E-state index in [1.54, 1.807) is 6.07 Å². The summed E-state index contributed by atoms with van der Waals surface area (Å²) in [6, 6.07) is 6.99. The van der Waals surface area contributed by atoms with E-state index in [0.717, 1.165) is 17.5 Å². The molecule has 6 heteroatoms. The topological polar surface area (TPSA) is 73.6 Å². The number of methoxy groups -OCH3 is 1. The van der Waals surface area contributed by atoms with Crippen LogP contribution >= 0.6 is 0 Å². The van der Waals surface area contributed by atoms with Crippen molar-refractivity contribution in [1.82, 2.24) is 9.94 Å². The fourth-order valence-corrected chi connectivity index (χ4v) is 1.96. The number of esters is 1. The summed E-state index contributed by atoms with van der Waals surface area (Å²) in [5, 5.41) is 12.8. The smallest absolute Gasteiger partial charge is 0.338 e. The third-order valence-electron chi connectivity index (χ3n) is 2.98. The van der Waals surface area contributed by atoms with Crippen LogP contribution in [0.15, 0.2) is 30.5 Å². The molecule has 1 aromatic heterocycles. The van der Waals surface area contributed by atoms with Crippen molar-refractivity contribution in [2.75, 3.05) is 7.11 Å². The highest BCUT2D eigenvalue weighted by atomic mass is 16.5. The summed E-state index contributed by atoms with van der Waals surface area (Å²) in [4.78, 5) is 12.4. The fraction of sp³-hybridized carbons (Fsp3) is 0.286. The molecule has 0 unspecified atom stereocenters. The zero-order chi connectivity index (χ0) is 14.5. The Morgan fingerprint density at radius 1 is 1.40 bits per heavy atom. The number of carbonyl (C=O) groups is 1. The number of aromatic nitrogens is 2. The van der Waals surface area contributed by atoms with Crippen LogP contribution < -0.4 is 4.74 Å². The van der Waals surface area contributed by atoms with Crippen LogP contribution in [-0.2, 0) is 17.8 Å². The SMILES string of the molecule is CCc1cccc(C(=O)OC)c1COc1ccn(O)n1. The maximum atomic E-state index is 11.8. The van der Waals surface area contributed by atoms with E-state index in [2.05, 4.69) is 5.10 Å². The van der Waals surface area contributed by atoms with Gasteiger partial charge in [-0.1, -0.05) is 24.2 Å². The molecule has 20 heavy (non-hydrogen) atoms.